The molecule has 2 rings (SSSR count). The molecule has 1 aliphatic rings. The number of rotatable bonds is 3. The average molecular weight is 255 g/mol. The zero-order chi connectivity index (χ0) is 12.3. The van der Waals surface area contributed by atoms with Gasteiger partial charge in [-0.2, -0.15) is 0 Å². The van der Waals surface area contributed by atoms with E-state index in [1.165, 1.54) is 11.3 Å². The summed E-state index contributed by atoms with van der Waals surface area (Å²) in [5, 5.41) is 12.2. The molecule has 0 atom stereocenters. The molecule has 7 heteroatoms. The van der Waals surface area contributed by atoms with Gasteiger partial charge < -0.3 is 11.1 Å². The van der Waals surface area contributed by atoms with E-state index in [0.717, 1.165) is 37.5 Å². The molecule has 1 saturated heterocycles. The van der Waals surface area contributed by atoms with E-state index in [2.05, 4.69) is 20.4 Å². The fraction of sp³-hybridized carbons (Fsp3) is 0.700. The van der Waals surface area contributed by atoms with E-state index in [0.29, 0.717) is 11.2 Å². The molecule has 1 aliphatic heterocycles. The van der Waals surface area contributed by atoms with E-state index in [-0.39, 0.29) is 5.91 Å². The number of nitrogens with zero attached hydrogens (tertiary/aromatic N) is 3. The fourth-order valence-electron chi connectivity index (χ4n) is 2.04. The lowest BCUT2D eigenvalue weighted by atomic mass is 10.1. The number of likely N-dealkylation sites (tertiary alicyclic amines) is 1. The van der Waals surface area contributed by atoms with E-state index >= 15 is 0 Å². The number of carbonyl (C=O) groups is 1. The summed E-state index contributed by atoms with van der Waals surface area (Å²) < 4.78 is 0. The molecule has 94 valence electrons. The van der Waals surface area contributed by atoms with E-state index < -0.39 is 0 Å². The van der Waals surface area contributed by atoms with Crippen molar-refractivity contribution in [3.63, 3.8) is 0 Å². The van der Waals surface area contributed by atoms with Crippen LogP contribution in [0.4, 0.5) is 5.13 Å². The first-order chi connectivity index (χ1) is 8.13. The lowest BCUT2D eigenvalue weighted by Crippen LogP contribution is -2.43. The number of piperidine rings is 1. The van der Waals surface area contributed by atoms with Gasteiger partial charge in [-0.05, 0) is 12.8 Å². The molecule has 1 fully saturated rings. The first-order valence-corrected chi connectivity index (χ1v) is 6.52. The van der Waals surface area contributed by atoms with Gasteiger partial charge in [0, 0.05) is 26.1 Å². The Kier molecular flexibility index (Phi) is 3.90. The summed E-state index contributed by atoms with van der Waals surface area (Å²) in [7, 11) is 0. The third-order valence-corrected chi connectivity index (χ3v) is 3.57. The monoisotopic (exact) mass is 255 g/mol. The Morgan fingerprint density at radius 2 is 2.24 bits per heavy atom. The van der Waals surface area contributed by atoms with Crippen LogP contribution in [0.1, 0.15) is 24.8 Å². The zero-order valence-corrected chi connectivity index (χ0v) is 10.7. The van der Waals surface area contributed by atoms with Crippen molar-refractivity contribution in [3.05, 3.63) is 5.01 Å². The number of nitrogens with two attached hydrogens (primary N) is 1. The van der Waals surface area contributed by atoms with E-state index in [1.807, 2.05) is 0 Å². The van der Waals surface area contributed by atoms with E-state index in [9.17, 15) is 4.79 Å². The first kappa shape index (κ1) is 12.3. The topological polar surface area (TPSA) is 84.1 Å². The van der Waals surface area contributed by atoms with Crippen LogP contribution in [0.5, 0.6) is 0 Å². The summed E-state index contributed by atoms with van der Waals surface area (Å²) in [5.41, 5.74) is 5.54. The van der Waals surface area contributed by atoms with Crippen LogP contribution < -0.4 is 11.1 Å². The van der Waals surface area contributed by atoms with Crippen molar-refractivity contribution >= 4 is 22.4 Å². The maximum Gasteiger partial charge on any atom is 0.217 e. The summed E-state index contributed by atoms with van der Waals surface area (Å²) in [4.78, 5) is 13.2. The maximum atomic E-state index is 10.9. The van der Waals surface area contributed by atoms with Gasteiger partial charge in [0.05, 0.1) is 6.54 Å². The van der Waals surface area contributed by atoms with E-state index in [4.69, 9.17) is 5.73 Å². The average Bonchev–Trinajstić information content (AvgIpc) is 2.66. The predicted molar refractivity (Wildman–Crippen MR) is 66.4 cm³/mol. The molecule has 0 aromatic carbocycles. The molecule has 1 aromatic rings. The molecule has 3 N–H and O–H groups in total. The van der Waals surface area contributed by atoms with Crippen molar-refractivity contribution in [1.29, 1.82) is 0 Å². The van der Waals surface area contributed by atoms with E-state index in [1.54, 1.807) is 6.92 Å². The Morgan fingerprint density at radius 1 is 1.53 bits per heavy atom. The highest BCUT2D eigenvalue weighted by molar-refractivity contribution is 7.15. The van der Waals surface area contributed by atoms with Gasteiger partial charge in [0.15, 0.2) is 0 Å². The van der Waals surface area contributed by atoms with Gasteiger partial charge in [0.2, 0.25) is 11.0 Å². The van der Waals surface area contributed by atoms with Crippen molar-refractivity contribution in [2.45, 2.75) is 32.4 Å². The lowest BCUT2D eigenvalue weighted by molar-refractivity contribution is -0.119. The van der Waals surface area contributed by atoms with Crippen molar-refractivity contribution < 1.29 is 4.79 Å². The van der Waals surface area contributed by atoms with Crippen LogP contribution in [-0.4, -0.2) is 40.1 Å². The second kappa shape index (κ2) is 5.42. The highest BCUT2D eigenvalue weighted by Gasteiger charge is 2.20. The summed E-state index contributed by atoms with van der Waals surface area (Å²) in [6.07, 6.45) is 1.99. The van der Waals surface area contributed by atoms with Crippen molar-refractivity contribution in [1.82, 2.24) is 20.4 Å². The molecule has 0 saturated carbocycles. The minimum absolute atomic E-state index is 0.0559. The third-order valence-electron chi connectivity index (χ3n) is 2.84. The Hall–Kier alpha value is -1.21. The normalized spacial score (nSPS) is 18.2. The number of nitrogen functional groups attached to an aromatic ring is 1. The standard InChI is InChI=1S/C10H17N5OS/c1-7(16)12-8-2-4-15(5-3-8)6-9-13-14-10(11)17-9/h8H,2-6H2,1H3,(H2,11,14)(H,12,16). The van der Waals surface area contributed by atoms with Gasteiger partial charge in [-0.15, -0.1) is 10.2 Å². The highest BCUT2D eigenvalue weighted by Crippen LogP contribution is 2.17. The number of hydrogen-bond acceptors (Lipinski definition) is 6. The summed E-state index contributed by atoms with van der Waals surface area (Å²) in [5.74, 6) is 0.0559. The largest absolute Gasteiger partial charge is 0.374 e. The number of carbonyl (C=O) groups excluding carboxylic acids is 1. The molecule has 6 nitrogen and oxygen atoms in total. The lowest BCUT2D eigenvalue weighted by Gasteiger charge is -2.31. The van der Waals surface area contributed by atoms with Crippen molar-refractivity contribution in [2.24, 2.45) is 0 Å². The number of aromatic nitrogens is 2. The SMILES string of the molecule is CC(=O)NC1CCN(Cc2nnc(N)s2)CC1. The summed E-state index contributed by atoms with van der Waals surface area (Å²) in [6, 6.07) is 0.322. The zero-order valence-electron chi connectivity index (χ0n) is 9.85. The minimum Gasteiger partial charge on any atom is -0.374 e. The molecule has 0 bridgehead atoms. The first-order valence-electron chi connectivity index (χ1n) is 5.71. The molecule has 1 amide bonds. The molecule has 0 spiro atoms. The molecule has 1 aromatic heterocycles. The second-order valence-electron chi connectivity index (χ2n) is 4.28. The molecule has 2 heterocycles. The maximum absolute atomic E-state index is 10.9. The van der Waals surface area contributed by atoms with Gasteiger partial charge in [-0.1, -0.05) is 11.3 Å². The molecule has 0 radical (unpaired) electrons. The Balaban J connectivity index is 1.77. The minimum atomic E-state index is 0.0559. The molecular weight excluding hydrogens is 238 g/mol. The fourth-order valence-corrected chi connectivity index (χ4v) is 2.70. The quantitative estimate of drug-likeness (QED) is 0.807. The second-order valence-corrected chi connectivity index (χ2v) is 5.38. The Bertz CT molecular complexity index is 386. The predicted octanol–water partition coefficient (Wildman–Crippen LogP) is 0.221. The van der Waals surface area contributed by atoms with Crippen LogP contribution in [0.15, 0.2) is 0 Å². The van der Waals surface area contributed by atoms with Crippen LogP contribution in [0.3, 0.4) is 0 Å². The van der Waals surface area contributed by atoms with Crippen LogP contribution in [0.25, 0.3) is 0 Å². The van der Waals surface area contributed by atoms with Crippen molar-refractivity contribution in [2.75, 3.05) is 18.8 Å². The van der Waals surface area contributed by atoms with Crippen LogP contribution >= 0.6 is 11.3 Å². The highest BCUT2D eigenvalue weighted by atomic mass is 32.1. The summed E-state index contributed by atoms with van der Waals surface area (Å²) in [6.45, 7) is 4.33. The van der Waals surface area contributed by atoms with Crippen LogP contribution in [-0.2, 0) is 11.3 Å². The number of anilines is 1. The summed E-state index contributed by atoms with van der Waals surface area (Å²) >= 11 is 1.44. The van der Waals surface area contributed by atoms with Gasteiger partial charge in [-0.25, -0.2) is 0 Å². The number of hydrogen-bond donors (Lipinski definition) is 2. The number of nitrogens with one attached hydrogen (secondary N) is 1. The van der Waals surface area contributed by atoms with Gasteiger partial charge in [0.1, 0.15) is 5.01 Å². The Labute approximate surface area is 104 Å². The van der Waals surface area contributed by atoms with Crippen molar-refractivity contribution in [3.8, 4) is 0 Å². The van der Waals surface area contributed by atoms with Crippen LogP contribution in [0.2, 0.25) is 0 Å². The molecule has 0 unspecified atom stereocenters. The molecular formula is C10H17N5OS. The smallest absolute Gasteiger partial charge is 0.217 e. The molecule has 0 aliphatic carbocycles. The van der Waals surface area contributed by atoms with Gasteiger partial charge in [-0.3, -0.25) is 9.69 Å². The van der Waals surface area contributed by atoms with Gasteiger partial charge in [0.25, 0.3) is 0 Å². The number of amides is 1. The van der Waals surface area contributed by atoms with Gasteiger partial charge >= 0.3 is 0 Å². The van der Waals surface area contributed by atoms with Crippen LogP contribution in [0, 0.1) is 0 Å². The third kappa shape index (κ3) is 3.64. The Morgan fingerprint density at radius 3 is 2.76 bits per heavy atom. The molecule has 17 heavy (non-hydrogen) atoms.